The topological polar surface area (TPSA) is 209 Å². The number of Topliss-reactive ketones (excluding diaryl/α,β-unsaturated/α-hetero) is 1. The van der Waals surface area contributed by atoms with Gasteiger partial charge in [-0.25, -0.2) is 9.59 Å². The number of carbonyl (C=O) groups excluding carboxylic acids is 6. The monoisotopic (exact) mass is 1020 g/mol. The molecule has 4 aromatic rings. The summed E-state index contributed by atoms with van der Waals surface area (Å²) in [5, 5.41) is 14.2. The largest absolute Gasteiger partial charge is 0.497 e. The van der Waals surface area contributed by atoms with Crippen LogP contribution in [0, 0.1) is 16.7 Å². The average molecular weight is 1020 g/mol. The van der Waals surface area contributed by atoms with Crippen molar-refractivity contribution >= 4 is 35.6 Å². The maximum atomic E-state index is 16.0. The molecule has 2 saturated heterocycles. The summed E-state index contributed by atoms with van der Waals surface area (Å²) in [7, 11) is 4.36. The maximum absolute atomic E-state index is 16.0. The van der Waals surface area contributed by atoms with Gasteiger partial charge in [0.15, 0.2) is 29.8 Å². The van der Waals surface area contributed by atoms with Gasteiger partial charge >= 0.3 is 23.9 Å². The third-order valence-electron chi connectivity index (χ3n) is 16.1. The van der Waals surface area contributed by atoms with Crippen LogP contribution in [0.2, 0.25) is 0 Å². The Kier molecular flexibility index (Phi) is 13.9. The van der Waals surface area contributed by atoms with Crippen molar-refractivity contribution in [3.05, 3.63) is 143 Å². The molecular formula is C57H61NO16. The molecule has 9 rings (SSSR count). The molecular weight excluding hydrogens is 955 g/mol. The SMILES string of the molecule is COc1ccc(C2OC(C(=O)OC3C[C@@]4(O)[C@@H](OC(=O)c5ccccc5)C5[C@]6(OC(C)=O)COC6C[C@H](OC)[C@@]5(C)C(=O)[C@H](OC(C)=O)C(=C3C)C4(C)C)[C@H](c3ccccc3)N2C(=O)c2ccccc2)c(OC)c1. The van der Waals surface area contributed by atoms with Gasteiger partial charge in [-0.05, 0) is 67.0 Å². The molecule has 5 unspecified atom stereocenters. The molecule has 0 spiro atoms. The molecule has 1 N–H and O–H groups in total. The van der Waals surface area contributed by atoms with Crippen LogP contribution in [0.5, 0.6) is 11.5 Å². The fourth-order valence-corrected chi connectivity index (χ4v) is 12.5. The van der Waals surface area contributed by atoms with Gasteiger partial charge in [-0.2, -0.15) is 0 Å². The van der Waals surface area contributed by atoms with Crippen LogP contribution in [0.1, 0.15) is 98.5 Å². The summed E-state index contributed by atoms with van der Waals surface area (Å²) < 4.78 is 55.9. The number of nitrogens with zero attached hydrogens (tertiary/aromatic N) is 1. The molecule has 4 fully saturated rings. The van der Waals surface area contributed by atoms with E-state index >= 15 is 14.4 Å². The lowest BCUT2D eigenvalue weighted by atomic mass is 9.44. The van der Waals surface area contributed by atoms with Gasteiger partial charge in [0.05, 0.1) is 49.9 Å². The molecule has 1 amide bonds. The number of rotatable bonds is 12. The molecule has 12 atom stereocenters. The number of hydrogen-bond donors (Lipinski definition) is 1. The molecule has 5 aliphatic rings. The molecule has 2 bridgehead atoms. The highest BCUT2D eigenvalue weighted by atomic mass is 16.6. The van der Waals surface area contributed by atoms with E-state index in [0.29, 0.717) is 28.2 Å². The number of methoxy groups -OCH3 is 3. The van der Waals surface area contributed by atoms with Crippen LogP contribution in [0.4, 0.5) is 0 Å². The van der Waals surface area contributed by atoms with Crippen molar-refractivity contribution in [3.8, 4) is 11.5 Å². The van der Waals surface area contributed by atoms with E-state index in [1.807, 2.05) is 0 Å². The lowest BCUT2D eigenvalue weighted by molar-refractivity contribution is -0.347. The van der Waals surface area contributed by atoms with Crippen LogP contribution in [0.15, 0.2) is 120 Å². The Hall–Kier alpha value is -6.92. The van der Waals surface area contributed by atoms with Crippen molar-refractivity contribution in [2.45, 2.75) is 114 Å². The Balaban J connectivity index is 1.23. The van der Waals surface area contributed by atoms with Gasteiger partial charge in [0.25, 0.3) is 5.91 Å². The minimum atomic E-state index is -2.35. The zero-order chi connectivity index (χ0) is 53.1. The van der Waals surface area contributed by atoms with Gasteiger partial charge in [-0.15, -0.1) is 0 Å². The van der Waals surface area contributed by atoms with Gasteiger partial charge in [-0.3, -0.25) is 24.1 Å². The Morgan fingerprint density at radius 2 is 1.41 bits per heavy atom. The molecule has 17 nitrogen and oxygen atoms in total. The Bertz CT molecular complexity index is 2870. The first-order valence-electron chi connectivity index (χ1n) is 24.5. The summed E-state index contributed by atoms with van der Waals surface area (Å²) in [5.41, 5.74) is -5.89. The van der Waals surface area contributed by atoms with Crippen LogP contribution >= 0.6 is 0 Å². The summed E-state index contributed by atoms with van der Waals surface area (Å²) in [6.07, 6.45) is -10.1. The van der Waals surface area contributed by atoms with E-state index < -0.39 is 119 Å². The number of amides is 1. The second-order valence-corrected chi connectivity index (χ2v) is 20.3. The van der Waals surface area contributed by atoms with Crippen LogP contribution in [-0.2, 0) is 52.3 Å². The normalized spacial score (nSPS) is 31.8. The van der Waals surface area contributed by atoms with Crippen LogP contribution < -0.4 is 9.47 Å². The number of ether oxygens (including phenoxy) is 9. The maximum Gasteiger partial charge on any atom is 0.338 e. The van der Waals surface area contributed by atoms with Crippen LogP contribution in [0.25, 0.3) is 0 Å². The highest BCUT2D eigenvalue weighted by Crippen LogP contribution is 2.65. The van der Waals surface area contributed by atoms with Crippen molar-refractivity contribution < 1.29 is 76.5 Å². The lowest BCUT2D eigenvalue weighted by Crippen LogP contribution is -2.82. The van der Waals surface area contributed by atoms with Crippen LogP contribution in [-0.4, -0.2) is 121 Å². The van der Waals surface area contributed by atoms with E-state index in [-0.39, 0.29) is 29.7 Å². The zero-order valence-corrected chi connectivity index (χ0v) is 42.7. The van der Waals surface area contributed by atoms with Crippen molar-refractivity contribution in [3.63, 3.8) is 0 Å². The third kappa shape index (κ3) is 8.33. The van der Waals surface area contributed by atoms with Crippen molar-refractivity contribution in [2.24, 2.45) is 16.7 Å². The molecule has 0 aromatic heterocycles. The summed E-state index contributed by atoms with van der Waals surface area (Å²) in [4.78, 5) is 89.4. The highest BCUT2D eigenvalue weighted by molar-refractivity contribution is 5.97. The smallest absolute Gasteiger partial charge is 0.338 e. The van der Waals surface area contributed by atoms with Crippen molar-refractivity contribution in [1.82, 2.24) is 4.90 Å². The molecule has 2 heterocycles. The van der Waals surface area contributed by atoms with Crippen molar-refractivity contribution in [2.75, 3.05) is 27.9 Å². The first-order valence-corrected chi connectivity index (χ1v) is 24.5. The summed E-state index contributed by atoms with van der Waals surface area (Å²) >= 11 is 0. The fraction of sp³-hybridized carbons (Fsp3) is 0.439. The van der Waals surface area contributed by atoms with E-state index in [2.05, 4.69) is 0 Å². The predicted octanol–water partition coefficient (Wildman–Crippen LogP) is 6.86. The fourth-order valence-electron chi connectivity index (χ4n) is 12.5. The Labute approximate surface area is 428 Å². The van der Waals surface area contributed by atoms with Gasteiger partial charge in [0.2, 0.25) is 0 Å². The highest BCUT2D eigenvalue weighted by Gasteiger charge is 2.78. The zero-order valence-electron chi connectivity index (χ0n) is 42.7. The molecule has 17 heteroatoms. The number of fused-ring (bicyclic) bond motifs is 5. The van der Waals surface area contributed by atoms with E-state index in [4.69, 9.17) is 42.6 Å². The molecule has 74 heavy (non-hydrogen) atoms. The number of aliphatic hydroxyl groups is 1. The Morgan fingerprint density at radius 3 is 1.97 bits per heavy atom. The predicted molar refractivity (Wildman–Crippen MR) is 262 cm³/mol. The summed E-state index contributed by atoms with van der Waals surface area (Å²) in [6.45, 7) is 8.57. The second-order valence-electron chi connectivity index (χ2n) is 20.3. The Morgan fingerprint density at radius 1 is 0.770 bits per heavy atom. The quantitative estimate of drug-likeness (QED) is 0.0874. The number of esters is 4. The van der Waals surface area contributed by atoms with Gasteiger partial charge < -0.3 is 47.7 Å². The first kappa shape index (κ1) is 52.0. The number of carbonyl (C=O) groups is 6. The van der Waals surface area contributed by atoms with E-state index in [0.717, 1.165) is 6.92 Å². The molecule has 390 valence electrons. The van der Waals surface area contributed by atoms with Crippen molar-refractivity contribution in [1.29, 1.82) is 0 Å². The summed E-state index contributed by atoms with van der Waals surface area (Å²) in [6, 6.07) is 29.3. The third-order valence-corrected chi connectivity index (χ3v) is 16.1. The van der Waals surface area contributed by atoms with Gasteiger partial charge in [0.1, 0.15) is 35.4 Å². The molecule has 2 saturated carbocycles. The van der Waals surface area contributed by atoms with Crippen LogP contribution in [0.3, 0.4) is 0 Å². The summed E-state index contributed by atoms with van der Waals surface area (Å²) in [5.74, 6) is -5.28. The lowest BCUT2D eigenvalue weighted by Gasteiger charge is -2.67. The second kappa shape index (κ2) is 19.7. The van der Waals surface area contributed by atoms with Gasteiger partial charge in [0, 0.05) is 56.4 Å². The standard InChI is InChI=1S/C57H61NO16/c1-31-40(71-53(64)46-44(34-19-13-10-14-20-34)58(50(62)35-21-15-11-16-22-35)51(72-46)38-26-25-37(66-7)27-39(38)67-8)29-57(65)49(73-52(63)36-23-17-12-18-24-36)47-55(6,48(61)45(70-32(2)59)43(31)54(57,4)5)41(68-9)28-42-56(47,30-69-42)74-33(3)60/h10-27,40-42,44-47,49,51,65H,28-30H2,1-9H3/t40?,41-,42?,44-,45+,46?,47?,49-,51?,55+,56-,57+/m0/s1. The van der Waals surface area contributed by atoms with Gasteiger partial charge in [-0.1, -0.05) is 80.6 Å². The molecule has 4 aromatic carbocycles. The molecule has 0 radical (unpaired) electrons. The average Bonchev–Trinajstić information content (AvgIpc) is 3.79. The number of ketones is 1. The minimum absolute atomic E-state index is 0.0336. The van der Waals surface area contributed by atoms with E-state index in [1.165, 1.54) is 45.3 Å². The number of hydrogen-bond acceptors (Lipinski definition) is 16. The molecule has 3 aliphatic carbocycles. The first-order chi connectivity index (χ1) is 35.3. The van der Waals surface area contributed by atoms with E-state index in [1.54, 1.807) is 125 Å². The minimum Gasteiger partial charge on any atom is -0.497 e. The number of benzene rings is 4. The molecule has 2 aliphatic heterocycles. The van der Waals surface area contributed by atoms with E-state index in [9.17, 15) is 19.5 Å².